The largest absolute Gasteiger partial charge is 0.353 e. The fraction of sp³-hybridized carbons (Fsp3) is 0.667. The molecule has 108 valence electrons. The van der Waals surface area contributed by atoms with Gasteiger partial charge in [0.15, 0.2) is 0 Å². The number of hydrazone groups is 2. The molecule has 2 aliphatic heterocycles. The Kier molecular flexibility index (Phi) is 4.10. The van der Waals surface area contributed by atoms with Crippen LogP contribution in [0.25, 0.3) is 0 Å². The van der Waals surface area contributed by atoms with E-state index in [9.17, 15) is 0 Å². The lowest BCUT2D eigenvalue weighted by Crippen LogP contribution is -2.32. The van der Waals surface area contributed by atoms with Gasteiger partial charge in [-0.15, -0.1) is 0 Å². The molecule has 2 heterocycles. The Morgan fingerprint density at radius 1 is 0.750 bits per heavy atom. The molecule has 0 atom stereocenters. The number of aliphatic imine (C=N–C) groups is 2. The van der Waals surface area contributed by atoms with E-state index in [0.29, 0.717) is 0 Å². The normalized spacial score (nSPS) is 21.6. The van der Waals surface area contributed by atoms with Crippen molar-refractivity contribution in [2.75, 3.05) is 26.2 Å². The van der Waals surface area contributed by atoms with Crippen LogP contribution in [0.1, 0.15) is 25.7 Å². The maximum atomic E-state index is 4.40. The van der Waals surface area contributed by atoms with Gasteiger partial charge in [0.05, 0.1) is 13.1 Å². The minimum absolute atomic E-state index is 0.781. The summed E-state index contributed by atoms with van der Waals surface area (Å²) in [7, 11) is 0. The van der Waals surface area contributed by atoms with Gasteiger partial charge in [0.2, 0.25) is 11.9 Å². The summed E-state index contributed by atoms with van der Waals surface area (Å²) in [5.41, 5.74) is 8.33. The van der Waals surface area contributed by atoms with Crippen LogP contribution in [0.15, 0.2) is 20.2 Å². The summed E-state index contributed by atoms with van der Waals surface area (Å²) < 4.78 is 0. The van der Waals surface area contributed by atoms with Gasteiger partial charge >= 0.3 is 0 Å². The van der Waals surface area contributed by atoms with Gasteiger partial charge in [-0.2, -0.15) is 10.2 Å². The molecule has 0 aromatic carbocycles. The first kappa shape index (κ1) is 12.9. The Bertz CT molecular complexity index is 420. The number of hydrogen-bond acceptors (Lipinski definition) is 8. The first-order valence-electron chi connectivity index (χ1n) is 7.10. The molecule has 0 radical (unpaired) electrons. The van der Waals surface area contributed by atoms with Gasteiger partial charge in [-0.05, 0) is 25.7 Å². The average molecular weight is 276 g/mol. The van der Waals surface area contributed by atoms with E-state index in [1.165, 1.54) is 11.4 Å². The second-order valence-electron chi connectivity index (χ2n) is 4.89. The lowest BCUT2D eigenvalue weighted by atomic mass is 9.97. The highest BCUT2D eigenvalue weighted by atomic mass is 15.4. The van der Waals surface area contributed by atoms with Crippen molar-refractivity contribution in [3.05, 3.63) is 0 Å². The first-order chi connectivity index (χ1) is 9.90. The van der Waals surface area contributed by atoms with E-state index in [2.05, 4.69) is 41.7 Å². The molecule has 0 aromatic heterocycles. The van der Waals surface area contributed by atoms with Crippen LogP contribution >= 0.6 is 0 Å². The average Bonchev–Trinajstić information content (AvgIpc) is 3.17. The number of nitrogens with one attached hydrogen (secondary N) is 4. The maximum absolute atomic E-state index is 4.40. The second-order valence-corrected chi connectivity index (χ2v) is 4.89. The number of guanidine groups is 2. The highest BCUT2D eigenvalue weighted by Crippen LogP contribution is 2.12. The molecule has 1 saturated carbocycles. The summed E-state index contributed by atoms with van der Waals surface area (Å²) in [6.45, 7) is 3.45. The highest BCUT2D eigenvalue weighted by molar-refractivity contribution is 5.99. The van der Waals surface area contributed by atoms with Crippen molar-refractivity contribution in [2.45, 2.75) is 25.7 Å². The summed E-state index contributed by atoms with van der Waals surface area (Å²) in [5, 5.41) is 15.1. The summed E-state index contributed by atoms with van der Waals surface area (Å²) in [4.78, 5) is 8.48. The van der Waals surface area contributed by atoms with Gasteiger partial charge in [0.1, 0.15) is 0 Å². The van der Waals surface area contributed by atoms with Crippen LogP contribution < -0.4 is 21.5 Å². The zero-order chi connectivity index (χ0) is 13.6. The van der Waals surface area contributed by atoms with Crippen LogP contribution in [0.3, 0.4) is 0 Å². The Labute approximate surface area is 117 Å². The van der Waals surface area contributed by atoms with Crippen molar-refractivity contribution in [1.29, 1.82) is 0 Å². The predicted molar refractivity (Wildman–Crippen MR) is 80.2 cm³/mol. The molecular formula is C12H20N8. The van der Waals surface area contributed by atoms with Crippen molar-refractivity contribution < 1.29 is 0 Å². The van der Waals surface area contributed by atoms with Gasteiger partial charge < -0.3 is 10.6 Å². The van der Waals surface area contributed by atoms with E-state index in [1.54, 1.807) is 0 Å². The van der Waals surface area contributed by atoms with E-state index < -0.39 is 0 Å². The molecule has 8 heteroatoms. The standard InChI is InChI=1S/C12H20N8/c1-2-10(18-20-12-15-7-8-16-12)4-3-9(1)17-19-11-13-5-6-14-11/h1-8H2,(H2,13,14,19)(H2,15,16,20). The van der Waals surface area contributed by atoms with Crippen LogP contribution in [-0.2, 0) is 0 Å². The molecule has 0 saturated heterocycles. The van der Waals surface area contributed by atoms with E-state index in [4.69, 9.17) is 0 Å². The quantitative estimate of drug-likeness (QED) is 0.505. The number of rotatable bonds is 2. The number of hydrogen-bond donors (Lipinski definition) is 4. The minimum atomic E-state index is 0.781. The van der Waals surface area contributed by atoms with E-state index >= 15 is 0 Å². The van der Waals surface area contributed by atoms with Gasteiger partial charge in [0, 0.05) is 24.5 Å². The van der Waals surface area contributed by atoms with Crippen LogP contribution in [-0.4, -0.2) is 49.5 Å². The van der Waals surface area contributed by atoms with E-state index in [1.807, 2.05) is 0 Å². The fourth-order valence-corrected chi connectivity index (χ4v) is 2.26. The molecule has 0 unspecified atom stereocenters. The van der Waals surface area contributed by atoms with Crippen molar-refractivity contribution >= 4 is 23.3 Å². The van der Waals surface area contributed by atoms with Gasteiger partial charge in [0.25, 0.3) is 0 Å². The fourth-order valence-electron chi connectivity index (χ4n) is 2.26. The summed E-state index contributed by atoms with van der Waals surface area (Å²) in [6, 6.07) is 0. The molecule has 8 nitrogen and oxygen atoms in total. The Hall–Kier alpha value is -2.12. The van der Waals surface area contributed by atoms with Crippen LogP contribution in [0.4, 0.5) is 0 Å². The van der Waals surface area contributed by atoms with Crippen molar-refractivity contribution in [3.63, 3.8) is 0 Å². The van der Waals surface area contributed by atoms with Crippen molar-refractivity contribution in [3.8, 4) is 0 Å². The molecule has 3 rings (SSSR count). The van der Waals surface area contributed by atoms with Gasteiger partial charge in [-0.3, -0.25) is 0 Å². The summed E-state index contributed by atoms with van der Waals surface area (Å²) in [6.07, 6.45) is 3.78. The molecular weight excluding hydrogens is 256 g/mol. The second kappa shape index (κ2) is 6.36. The van der Waals surface area contributed by atoms with E-state index in [0.717, 1.165) is 63.8 Å². The Morgan fingerprint density at radius 2 is 1.20 bits per heavy atom. The van der Waals surface area contributed by atoms with Gasteiger partial charge in [-0.1, -0.05) is 0 Å². The van der Waals surface area contributed by atoms with Crippen molar-refractivity contribution in [2.24, 2.45) is 20.2 Å². The Balaban J connectivity index is 1.44. The van der Waals surface area contributed by atoms with Crippen molar-refractivity contribution in [1.82, 2.24) is 21.5 Å². The summed E-state index contributed by atoms with van der Waals surface area (Å²) >= 11 is 0. The lowest BCUT2D eigenvalue weighted by molar-refractivity contribution is 0.857. The SMILES string of the molecule is C1CNC(NN=C2CCC(=NNC3=NCCN3)CC2)=N1. The molecule has 0 bridgehead atoms. The molecule has 0 amide bonds. The molecule has 1 fully saturated rings. The zero-order valence-electron chi connectivity index (χ0n) is 11.4. The maximum Gasteiger partial charge on any atom is 0.212 e. The minimum Gasteiger partial charge on any atom is -0.353 e. The predicted octanol–water partition coefficient (Wildman–Crippen LogP) is -0.630. The monoisotopic (exact) mass is 276 g/mol. The third-order valence-corrected chi connectivity index (χ3v) is 3.39. The van der Waals surface area contributed by atoms with Crippen LogP contribution in [0.2, 0.25) is 0 Å². The van der Waals surface area contributed by atoms with Gasteiger partial charge in [-0.25, -0.2) is 20.8 Å². The topological polar surface area (TPSA) is 97.6 Å². The molecule has 4 N–H and O–H groups in total. The molecule has 20 heavy (non-hydrogen) atoms. The number of nitrogens with zero attached hydrogens (tertiary/aromatic N) is 4. The third-order valence-electron chi connectivity index (χ3n) is 3.39. The highest BCUT2D eigenvalue weighted by Gasteiger charge is 2.14. The Morgan fingerprint density at radius 3 is 1.55 bits per heavy atom. The molecule has 0 spiro atoms. The molecule has 3 aliphatic rings. The lowest BCUT2D eigenvalue weighted by Gasteiger charge is -2.15. The van der Waals surface area contributed by atoms with Crippen LogP contribution in [0, 0.1) is 0 Å². The van der Waals surface area contributed by atoms with Crippen LogP contribution in [0.5, 0.6) is 0 Å². The van der Waals surface area contributed by atoms with E-state index in [-0.39, 0.29) is 0 Å². The first-order valence-corrected chi connectivity index (χ1v) is 7.10. The third kappa shape index (κ3) is 3.46. The summed E-state index contributed by atoms with van der Waals surface area (Å²) in [5.74, 6) is 1.56. The zero-order valence-corrected chi connectivity index (χ0v) is 11.4. The smallest absolute Gasteiger partial charge is 0.212 e. The molecule has 1 aliphatic carbocycles. The molecule has 0 aromatic rings.